The minimum absolute atomic E-state index is 0.238. The zero-order valence-electron chi connectivity index (χ0n) is 17.3. The van der Waals surface area contributed by atoms with Gasteiger partial charge in [-0.15, -0.1) is 10.2 Å². The minimum Gasteiger partial charge on any atom is -0.497 e. The number of amides is 2. The van der Waals surface area contributed by atoms with Crippen LogP contribution in [0.5, 0.6) is 11.5 Å². The van der Waals surface area contributed by atoms with Crippen LogP contribution in [0, 0.1) is 0 Å². The zero-order valence-corrected chi connectivity index (χ0v) is 18.1. The summed E-state index contributed by atoms with van der Waals surface area (Å²) in [7, 11) is 4.69. The van der Waals surface area contributed by atoms with Gasteiger partial charge in [-0.3, -0.25) is 9.59 Å². The molecule has 2 N–H and O–H groups in total. The lowest BCUT2D eigenvalue weighted by Crippen LogP contribution is -2.23. The van der Waals surface area contributed by atoms with Gasteiger partial charge < -0.3 is 24.8 Å². The number of carbonyl (C=O) groups excluding carboxylic acids is 2. The summed E-state index contributed by atoms with van der Waals surface area (Å²) in [4.78, 5) is 24.7. The van der Waals surface area contributed by atoms with Crippen LogP contribution in [0.1, 0.15) is 30.7 Å². The number of carbonyl (C=O) groups is 2. The maximum atomic E-state index is 12.5. The van der Waals surface area contributed by atoms with Crippen molar-refractivity contribution in [2.45, 2.75) is 13.2 Å². The van der Waals surface area contributed by atoms with Crippen molar-refractivity contribution in [3.05, 3.63) is 63.6 Å². The Morgan fingerprint density at radius 2 is 1.74 bits per heavy atom. The Hall–Kier alpha value is -3.50. The molecule has 9 nitrogen and oxygen atoms in total. The van der Waals surface area contributed by atoms with E-state index in [1.165, 1.54) is 0 Å². The van der Waals surface area contributed by atoms with Gasteiger partial charge in [0.15, 0.2) is 0 Å². The predicted molar refractivity (Wildman–Crippen MR) is 116 cm³/mol. The SMILES string of the molecule is COCc1nnc(C(=O)Nc2ccc(C(=O)NCc3ccc(OC)cc3OC)cc2)s1. The Bertz CT molecular complexity index is 1050. The molecule has 0 fully saturated rings. The van der Waals surface area contributed by atoms with E-state index in [2.05, 4.69) is 20.8 Å². The van der Waals surface area contributed by atoms with Crippen molar-refractivity contribution in [1.29, 1.82) is 0 Å². The third kappa shape index (κ3) is 5.77. The molecule has 0 saturated heterocycles. The Morgan fingerprint density at radius 3 is 2.42 bits per heavy atom. The van der Waals surface area contributed by atoms with Gasteiger partial charge in [-0.05, 0) is 36.4 Å². The van der Waals surface area contributed by atoms with Crippen LogP contribution in [-0.2, 0) is 17.9 Å². The molecule has 162 valence electrons. The summed E-state index contributed by atoms with van der Waals surface area (Å²) in [6, 6.07) is 12.0. The molecule has 1 heterocycles. The average molecular weight is 442 g/mol. The molecule has 0 aliphatic carbocycles. The molecule has 0 bridgehead atoms. The number of hydrogen-bond donors (Lipinski definition) is 2. The van der Waals surface area contributed by atoms with Gasteiger partial charge in [0.2, 0.25) is 5.01 Å². The van der Waals surface area contributed by atoms with Crippen LogP contribution in [0.25, 0.3) is 0 Å². The summed E-state index contributed by atoms with van der Waals surface area (Å²) in [6.45, 7) is 0.600. The quantitative estimate of drug-likeness (QED) is 0.524. The number of hydrogen-bond acceptors (Lipinski definition) is 8. The number of nitrogens with one attached hydrogen (secondary N) is 2. The van der Waals surface area contributed by atoms with E-state index in [0.717, 1.165) is 16.9 Å². The molecule has 0 aliphatic heterocycles. The monoisotopic (exact) mass is 442 g/mol. The fourth-order valence-electron chi connectivity index (χ4n) is 2.69. The highest BCUT2D eigenvalue weighted by Gasteiger charge is 2.14. The summed E-state index contributed by atoms with van der Waals surface area (Å²) < 4.78 is 15.5. The van der Waals surface area contributed by atoms with Crippen molar-refractivity contribution in [3.8, 4) is 11.5 Å². The highest BCUT2D eigenvalue weighted by Crippen LogP contribution is 2.24. The second kappa shape index (κ2) is 10.5. The molecule has 2 aromatic carbocycles. The molecule has 3 aromatic rings. The Balaban J connectivity index is 1.58. The first-order valence-corrected chi connectivity index (χ1v) is 10.1. The van der Waals surface area contributed by atoms with Gasteiger partial charge in [-0.2, -0.15) is 0 Å². The topological polar surface area (TPSA) is 112 Å². The van der Waals surface area contributed by atoms with Crippen molar-refractivity contribution in [2.24, 2.45) is 0 Å². The Morgan fingerprint density at radius 1 is 0.968 bits per heavy atom. The summed E-state index contributed by atoms with van der Waals surface area (Å²) >= 11 is 1.16. The van der Waals surface area contributed by atoms with Crippen LogP contribution < -0.4 is 20.1 Å². The van der Waals surface area contributed by atoms with E-state index >= 15 is 0 Å². The zero-order chi connectivity index (χ0) is 22.2. The number of benzene rings is 2. The summed E-state index contributed by atoms with van der Waals surface area (Å²) in [6.07, 6.45) is 0. The van der Waals surface area contributed by atoms with E-state index in [4.69, 9.17) is 14.2 Å². The van der Waals surface area contributed by atoms with Gasteiger partial charge in [0.25, 0.3) is 11.8 Å². The number of methoxy groups -OCH3 is 3. The highest BCUT2D eigenvalue weighted by molar-refractivity contribution is 7.13. The fourth-order valence-corrected chi connectivity index (χ4v) is 3.40. The van der Waals surface area contributed by atoms with Crippen molar-refractivity contribution in [3.63, 3.8) is 0 Å². The number of anilines is 1. The van der Waals surface area contributed by atoms with Gasteiger partial charge in [0, 0.05) is 36.5 Å². The number of aromatic nitrogens is 2. The maximum absolute atomic E-state index is 12.5. The Kier molecular flexibility index (Phi) is 7.52. The van der Waals surface area contributed by atoms with Crippen LogP contribution >= 0.6 is 11.3 Å². The molecular formula is C21H22N4O5S. The first-order valence-electron chi connectivity index (χ1n) is 9.26. The van der Waals surface area contributed by atoms with E-state index in [1.807, 2.05) is 6.07 Å². The van der Waals surface area contributed by atoms with E-state index < -0.39 is 0 Å². The van der Waals surface area contributed by atoms with E-state index in [-0.39, 0.29) is 16.8 Å². The number of ether oxygens (including phenoxy) is 3. The fraction of sp³-hybridized carbons (Fsp3) is 0.238. The molecule has 3 rings (SSSR count). The van der Waals surface area contributed by atoms with Crippen LogP contribution in [-0.4, -0.2) is 43.3 Å². The Labute approximate surface area is 183 Å². The molecule has 0 saturated carbocycles. The van der Waals surface area contributed by atoms with Crippen LogP contribution in [0.3, 0.4) is 0 Å². The van der Waals surface area contributed by atoms with E-state index in [1.54, 1.807) is 57.7 Å². The van der Waals surface area contributed by atoms with Gasteiger partial charge in [0.05, 0.1) is 20.8 Å². The lowest BCUT2D eigenvalue weighted by molar-refractivity contribution is 0.0950. The molecule has 0 unspecified atom stereocenters. The summed E-state index contributed by atoms with van der Waals surface area (Å²) in [5, 5.41) is 14.2. The van der Waals surface area contributed by atoms with Crippen LogP contribution in [0.15, 0.2) is 42.5 Å². The summed E-state index contributed by atoms with van der Waals surface area (Å²) in [5.74, 6) is 0.684. The lowest BCUT2D eigenvalue weighted by Gasteiger charge is -2.11. The molecule has 0 atom stereocenters. The van der Waals surface area contributed by atoms with Crippen molar-refractivity contribution < 1.29 is 23.8 Å². The van der Waals surface area contributed by atoms with Crippen molar-refractivity contribution in [1.82, 2.24) is 15.5 Å². The molecule has 0 radical (unpaired) electrons. The second-order valence-corrected chi connectivity index (χ2v) is 7.39. The van der Waals surface area contributed by atoms with Crippen molar-refractivity contribution in [2.75, 3.05) is 26.6 Å². The normalized spacial score (nSPS) is 10.4. The maximum Gasteiger partial charge on any atom is 0.286 e. The average Bonchev–Trinajstić information content (AvgIpc) is 3.27. The molecule has 0 aliphatic rings. The van der Waals surface area contributed by atoms with Crippen LogP contribution in [0.4, 0.5) is 5.69 Å². The molecule has 1 aromatic heterocycles. The third-order valence-corrected chi connectivity index (χ3v) is 5.16. The van der Waals surface area contributed by atoms with Gasteiger partial charge in [0.1, 0.15) is 16.5 Å². The highest BCUT2D eigenvalue weighted by atomic mass is 32.1. The predicted octanol–water partition coefficient (Wildman–Crippen LogP) is 2.88. The van der Waals surface area contributed by atoms with Gasteiger partial charge in [-0.1, -0.05) is 11.3 Å². The number of nitrogens with zero attached hydrogens (tertiary/aromatic N) is 2. The molecule has 2 amide bonds. The largest absolute Gasteiger partial charge is 0.497 e. The van der Waals surface area contributed by atoms with Gasteiger partial charge in [-0.25, -0.2) is 0 Å². The molecule has 0 spiro atoms. The lowest BCUT2D eigenvalue weighted by atomic mass is 10.1. The molecule has 10 heteroatoms. The first-order chi connectivity index (χ1) is 15.0. The second-order valence-electron chi connectivity index (χ2n) is 6.33. The molecule has 31 heavy (non-hydrogen) atoms. The van der Waals surface area contributed by atoms with Crippen LogP contribution in [0.2, 0.25) is 0 Å². The summed E-state index contributed by atoms with van der Waals surface area (Å²) in [5.41, 5.74) is 1.83. The third-order valence-electron chi connectivity index (χ3n) is 4.27. The van der Waals surface area contributed by atoms with E-state index in [0.29, 0.717) is 40.9 Å². The van der Waals surface area contributed by atoms with Gasteiger partial charge >= 0.3 is 0 Å². The van der Waals surface area contributed by atoms with E-state index in [9.17, 15) is 9.59 Å². The smallest absolute Gasteiger partial charge is 0.286 e. The minimum atomic E-state index is -0.372. The van der Waals surface area contributed by atoms with Crippen molar-refractivity contribution >= 4 is 28.8 Å². The standard InChI is InChI=1S/C21H22N4O5S/c1-28-12-18-24-25-21(31-18)20(27)23-15-7-4-13(5-8-15)19(26)22-11-14-6-9-16(29-2)10-17(14)30-3/h4-10H,11-12H2,1-3H3,(H,22,26)(H,23,27). The molecular weight excluding hydrogens is 420 g/mol. The first kappa shape index (κ1) is 22.2. The number of rotatable bonds is 9.